The lowest BCUT2D eigenvalue weighted by Gasteiger charge is -2.25. The van der Waals surface area contributed by atoms with Crippen LogP contribution in [0.25, 0.3) is 11.3 Å². The van der Waals surface area contributed by atoms with E-state index in [2.05, 4.69) is 15.6 Å². The van der Waals surface area contributed by atoms with Crippen LogP contribution < -0.4 is 10.6 Å². The van der Waals surface area contributed by atoms with E-state index in [1.165, 1.54) is 12.1 Å². The van der Waals surface area contributed by atoms with Crippen LogP contribution in [0.2, 0.25) is 0 Å². The standard InChI is InChI=1S/C28H25N5O4S/c1-18-5-9-20(10-6-18)30-25(34)15-17-32-27(26(31-28(32)38)22-4-2-3-16-29-22)24-14-13-23(37-24)19-7-11-21(12-8-19)33(35)36/h2-14,16,26-27H,15,17H2,1H3,(H,30,34)(H,31,38)/t26-,27-/m1/s1. The molecule has 4 aromatic rings. The van der Waals surface area contributed by atoms with Crippen molar-refractivity contribution in [2.45, 2.75) is 25.4 Å². The van der Waals surface area contributed by atoms with Gasteiger partial charge >= 0.3 is 0 Å². The first kappa shape index (κ1) is 25.1. The topological polar surface area (TPSA) is 114 Å². The molecule has 1 amide bonds. The van der Waals surface area contributed by atoms with Crippen LogP contribution in [0.3, 0.4) is 0 Å². The van der Waals surface area contributed by atoms with Crippen molar-refractivity contribution >= 4 is 34.6 Å². The van der Waals surface area contributed by atoms with Gasteiger partial charge in [-0.15, -0.1) is 0 Å². The number of anilines is 1. The Labute approximate surface area is 224 Å². The Bertz CT molecular complexity index is 1450. The minimum absolute atomic E-state index is 0.0103. The van der Waals surface area contributed by atoms with E-state index < -0.39 is 4.92 Å². The molecule has 9 nitrogen and oxygen atoms in total. The number of thiocarbonyl (C=S) groups is 1. The maximum atomic E-state index is 12.7. The number of rotatable bonds is 8. The number of nitrogens with zero attached hydrogens (tertiary/aromatic N) is 3. The molecular weight excluding hydrogens is 502 g/mol. The fourth-order valence-electron chi connectivity index (χ4n) is 4.45. The Balaban J connectivity index is 1.38. The van der Waals surface area contributed by atoms with Crippen LogP contribution in [0.15, 0.2) is 89.5 Å². The number of amides is 1. The lowest BCUT2D eigenvalue weighted by Crippen LogP contribution is -2.32. The van der Waals surface area contributed by atoms with E-state index in [0.29, 0.717) is 28.7 Å². The minimum atomic E-state index is -0.438. The minimum Gasteiger partial charge on any atom is -0.459 e. The van der Waals surface area contributed by atoms with E-state index in [-0.39, 0.29) is 30.1 Å². The second-order valence-electron chi connectivity index (χ2n) is 8.99. The van der Waals surface area contributed by atoms with Crippen LogP contribution >= 0.6 is 12.2 Å². The third-order valence-corrected chi connectivity index (χ3v) is 6.75. The molecule has 192 valence electrons. The predicted octanol–water partition coefficient (Wildman–Crippen LogP) is 5.56. The summed E-state index contributed by atoms with van der Waals surface area (Å²) in [5.74, 6) is 1.09. The molecule has 10 heteroatoms. The quantitative estimate of drug-likeness (QED) is 0.174. The maximum Gasteiger partial charge on any atom is 0.269 e. The highest BCUT2D eigenvalue weighted by Gasteiger charge is 2.41. The van der Waals surface area contributed by atoms with Gasteiger partial charge in [0.1, 0.15) is 17.6 Å². The van der Waals surface area contributed by atoms with Gasteiger partial charge in [-0.25, -0.2) is 0 Å². The number of nitro benzene ring substituents is 1. The molecule has 0 saturated carbocycles. The van der Waals surface area contributed by atoms with Crippen molar-refractivity contribution in [1.29, 1.82) is 0 Å². The molecule has 3 heterocycles. The Morgan fingerprint density at radius 2 is 1.87 bits per heavy atom. The highest BCUT2D eigenvalue weighted by Crippen LogP contribution is 2.40. The number of carbonyl (C=O) groups excluding carboxylic acids is 1. The largest absolute Gasteiger partial charge is 0.459 e. The van der Waals surface area contributed by atoms with Crippen molar-refractivity contribution in [3.05, 3.63) is 112 Å². The average Bonchev–Trinajstić information content (AvgIpc) is 3.54. The summed E-state index contributed by atoms with van der Waals surface area (Å²) in [6, 6.07) is 22.6. The molecule has 0 bridgehead atoms. The monoisotopic (exact) mass is 527 g/mol. The van der Waals surface area contributed by atoms with Crippen LogP contribution in [-0.4, -0.2) is 32.4 Å². The summed E-state index contributed by atoms with van der Waals surface area (Å²) >= 11 is 5.68. The first-order valence-corrected chi connectivity index (χ1v) is 12.5. The number of pyridine rings is 1. The van der Waals surface area contributed by atoms with Gasteiger partial charge in [0.2, 0.25) is 5.91 Å². The first-order valence-electron chi connectivity index (χ1n) is 12.1. The summed E-state index contributed by atoms with van der Waals surface area (Å²) in [5, 5.41) is 17.8. The maximum absolute atomic E-state index is 12.7. The SMILES string of the molecule is Cc1ccc(NC(=O)CCN2C(=S)N[C@H](c3ccccn3)[C@H]2c2ccc(-c3ccc([N+](=O)[O-])cc3)o2)cc1. The van der Waals surface area contributed by atoms with Gasteiger partial charge in [0.25, 0.3) is 5.69 Å². The molecule has 2 N–H and O–H groups in total. The molecule has 0 unspecified atom stereocenters. The molecule has 1 aliphatic heterocycles. The smallest absolute Gasteiger partial charge is 0.269 e. The fraction of sp³-hybridized carbons (Fsp3) is 0.179. The molecule has 1 aliphatic rings. The highest BCUT2D eigenvalue weighted by atomic mass is 32.1. The second-order valence-corrected chi connectivity index (χ2v) is 9.38. The Hall–Kier alpha value is -4.57. The van der Waals surface area contributed by atoms with Crippen molar-refractivity contribution in [2.24, 2.45) is 0 Å². The van der Waals surface area contributed by atoms with Crippen LogP contribution in [0, 0.1) is 17.0 Å². The number of benzene rings is 2. The summed E-state index contributed by atoms with van der Waals surface area (Å²) in [7, 11) is 0. The molecule has 5 rings (SSSR count). The van der Waals surface area contributed by atoms with Gasteiger partial charge in [-0.3, -0.25) is 19.9 Å². The van der Waals surface area contributed by atoms with E-state index in [1.54, 1.807) is 18.3 Å². The summed E-state index contributed by atoms with van der Waals surface area (Å²) in [5.41, 5.74) is 3.38. The number of aryl methyl sites for hydroxylation is 1. The van der Waals surface area contributed by atoms with E-state index in [0.717, 1.165) is 16.9 Å². The van der Waals surface area contributed by atoms with Crippen LogP contribution in [-0.2, 0) is 4.79 Å². The Kier molecular flexibility index (Phi) is 7.14. The van der Waals surface area contributed by atoms with E-state index in [4.69, 9.17) is 16.6 Å². The molecule has 0 radical (unpaired) electrons. The summed E-state index contributed by atoms with van der Waals surface area (Å²) < 4.78 is 6.26. The van der Waals surface area contributed by atoms with E-state index in [9.17, 15) is 14.9 Å². The number of hydrogen-bond donors (Lipinski definition) is 2. The van der Waals surface area contributed by atoms with Crippen LogP contribution in [0.4, 0.5) is 11.4 Å². The van der Waals surface area contributed by atoms with Gasteiger partial charge in [0.15, 0.2) is 5.11 Å². The zero-order valence-corrected chi connectivity index (χ0v) is 21.4. The number of nitrogens with one attached hydrogen (secondary N) is 2. The predicted molar refractivity (Wildman–Crippen MR) is 147 cm³/mol. The first-order chi connectivity index (χ1) is 18.4. The lowest BCUT2D eigenvalue weighted by molar-refractivity contribution is -0.384. The zero-order chi connectivity index (χ0) is 26.6. The highest BCUT2D eigenvalue weighted by molar-refractivity contribution is 7.80. The normalized spacial score (nSPS) is 16.8. The molecular formula is C28H25N5O4S. The fourth-order valence-corrected chi connectivity index (χ4v) is 4.78. The van der Waals surface area contributed by atoms with Gasteiger partial charge in [-0.2, -0.15) is 0 Å². The molecule has 2 aromatic carbocycles. The third-order valence-electron chi connectivity index (χ3n) is 6.39. The van der Waals surface area contributed by atoms with Crippen LogP contribution in [0.1, 0.15) is 35.5 Å². The van der Waals surface area contributed by atoms with Crippen molar-refractivity contribution < 1.29 is 14.1 Å². The van der Waals surface area contributed by atoms with Gasteiger partial charge in [-0.1, -0.05) is 23.8 Å². The second kappa shape index (κ2) is 10.8. The molecule has 1 saturated heterocycles. The summed E-state index contributed by atoms with van der Waals surface area (Å²) in [6.45, 7) is 2.36. The molecule has 0 spiro atoms. The number of carbonyl (C=O) groups is 1. The molecule has 1 fully saturated rings. The molecule has 2 aromatic heterocycles. The number of aromatic nitrogens is 1. The summed E-state index contributed by atoms with van der Waals surface area (Å²) in [4.78, 5) is 29.8. The Morgan fingerprint density at radius 1 is 1.11 bits per heavy atom. The number of nitro groups is 1. The Morgan fingerprint density at radius 3 is 2.55 bits per heavy atom. The van der Waals surface area contributed by atoms with Gasteiger partial charge in [-0.05, 0) is 67.7 Å². The van der Waals surface area contributed by atoms with Crippen molar-refractivity contribution in [1.82, 2.24) is 15.2 Å². The van der Waals surface area contributed by atoms with Crippen molar-refractivity contribution in [3.8, 4) is 11.3 Å². The number of hydrogen-bond acceptors (Lipinski definition) is 6. The lowest BCUT2D eigenvalue weighted by atomic mass is 10.0. The van der Waals surface area contributed by atoms with Gasteiger partial charge in [0.05, 0.1) is 16.7 Å². The van der Waals surface area contributed by atoms with E-state index >= 15 is 0 Å². The molecule has 2 atom stereocenters. The summed E-state index contributed by atoms with van der Waals surface area (Å²) in [6.07, 6.45) is 1.94. The van der Waals surface area contributed by atoms with Crippen molar-refractivity contribution in [3.63, 3.8) is 0 Å². The third kappa shape index (κ3) is 5.40. The van der Waals surface area contributed by atoms with E-state index in [1.807, 2.05) is 66.4 Å². The average molecular weight is 528 g/mol. The zero-order valence-electron chi connectivity index (χ0n) is 20.5. The number of non-ortho nitro benzene ring substituents is 1. The van der Waals surface area contributed by atoms with Crippen molar-refractivity contribution in [2.75, 3.05) is 11.9 Å². The molecule has 38 heavy (non-hydrogen) atoms. The number of furan rings is 1. The van der Waals surface area contributed by atoms with Crippen LogP contribution in [0.5, 0.6) is 0 Å². The molecule has 0 aliphatic carbocycles. The van der Waals surface area contributed by atoms with Gasteiger partial charge < -0.3 is 20.0 Å². The van der Waals surface area contributed by atoms with Gasteiger partial charge in [0, 0.05) is 42.5 Å².